The number of hydrogen-bond acceptors (Lipinski definition) is 1. The Balaban J connectivity index is 2.32. The summed E-state index contributed by atoms with van der Waals surface area (Å²) in [4.78, 5) is 11.9. The molecule has 0 bridgehead atoms. The average Bonchev–Trinajstić information content (AvgIpc) is 2.59. The zero-order valence-corrected chi connectivity index (χ0v) is 10.2. The SMILES string of the molecule is CC(C)n1ccn(Cc2cc(F)cc(F)c2)c1=O. The first-order valence-corrected chi connectivity index (χ1v) is 5.69. The van der Waals surface area contributed by atoms with Gasteiger partial charge in [0.25, 0.3) is 0 Å². The number of benzene rings is 1. The smallest absolute Gasteiger partial charge is 0.297 e. The second kappa shape index (κ2) is 4.76. The van der Waals surface area contributed by atoms with Crippen LogP contribution in [0.3, 0.4) is 0 Å². The summed E-state index contributed by atoms with van der Waals surface area (Å²) in [6, 6.07) is 3.32. The maximum absolute atomic E-state index is 13.0. The fraction of sp³-hybridized carbons (Fsp3) is 0.308. The van der Waals surface area contributed by atoms with Crippen LogP contribution in [0, 0.1) is 11.6 Å². The molecule has 0 fully saturated rings. The van der Waals surface area contributed by atoms with E-state index in [-0.39, 0.29) is 18.3 Å². The lowest BCUT2D eigenvalue weighted by Gasteiger charge is -2.05. The van der Waals surface area contributed by atoms with E-state index in [1.54, 1.807) is 17.0 Å². The van der Waals surface area contributed by atoms with Crippen molar-refractivity contribution in [3.63, 3.8) is 0 Å². The van der Waals surface area contributed by atoms with Crippen LogP contribution in [0.1, 0.15) is 25.5 Å². The molecule has 0 amide bonds. The van der Waals surface area contributed by atoms with E-state index in [0.717, 1.165) is 6.07 Å². The van der Waals surface area contributed by atoms with Crippen LogP contribution in [0.4, 0.5) is 8.78 Å². The van der Waals surface area contributed by atoms with Crippen LogP contribution in [0.15, 0.2) is 35.4 Å². The van der Waals surface area contributed by atoms with E-state index in [2.05, 4.69) is 0 Å². The first-order chi connectivity index (χ1) is 8.47. The standard InChI is InChI=1S/C13H14F2N2O/c1-9(2)17-4-3-16(13(17)18)8-10-5-11(14)7-12(15)6-10/h3-7,9H,8H2,1-2H3. The molecule has 1 aromatic carbocycles. The molecule has 0 spiro atoms. The summed E-state index contributed by atoms with van der Waals surface area (Å²) >= 11 is 0. The van der Waals surface area contributed by atoms with E-state index < -0.39 is 11.6 Å². The van der Waals surface area contributed by atoms with Crippen molar-refractivity contribution in [3.8, 4) is 0 Å². The van der Waals surface area contributed by atoms with Gasteiger partial charge in [-0.15, -0.1) is 0 Å². The second-order valence-electron chi connectivity index (χ2n) is 4.49. The summed E-state index contributed by atoms with van der Waals surface area (Å²) in [6.45, 7) is 3.95. The van der Waals surface area contributed by atoms with E-state index >= 15 is 0 Å². The summed E-state index contributed by atoms with van der Waals surface area (Å²) < 4.78 is 29.1. The largest absolute Gasteiger partial charge is 0.328 e. The van der Waals surface area contributed by atoms with Gasteiger partial charge in [0.15, 0.2) is 0 Å². The van der Waals surface area contributed by atoms with Gasteiger partial charge in [-0.1, -0.05) is 0 Å². The molecule has 0 unspecified atom stereocenters. The Morgan fingerprint density at radius 3 is 2.22 bits per heavy atom. The molecule has 18 heavy (non-hydrogen) atoms. The summed E-state index contributed by atoms with van der Waals surface area (Å²) in [5.74, 6) is -1.28. The molecule has 0 radical (unpaired) electrons. The zero-order valence-electron chi connectivity index (χ0n) is 10.2. The van der Waals surface area contributed by atoms with Gasteiger partial charge in [0.2, 0.25) is 0 Å². The van der Waals surface area contributed by atoms with Crippen LogP contribution in [-0.4, -0.2) is 9.13 Å². The van der Waals surface area contributed by atoms with Gasteiger partial charge in [0, 0.05) is 24.5 Å². The van der Waals surface area contributed by atoms with Crippen molar-refractivity contribution in [1.29, 1.82) is 0 Å². The van der Waals surface area contributed by atoms with Crippen molar-refractivity contribution in [1.82, 2.24) is 9.13 Å². The first-order valence-electron chi connectivity index (χ1n) is 5.69. The number of hydrogen-bond donors (Lipinski definition) is 0. The third-order valence-corrected chi connectivity index (χ3v) is 2.71. The third kappa shape index (κ3) is 2.50. The fourth-order valence-corrected chi connectivity index (χ4v) is 1.84. The second-order valence-corrected chi connectivity index (χ2v) is 4.49. The molecule has 0 aliphatic rings. The quantitative estimate of drug-likeness (QED) is 0.824. The highest BCUT2D eigenvalue weighted by molar-refractivity contribution is 5.18. The van der Waals surface area contributed by atoms with Crippen molar-refractivity contribution in [2.24, 2.45) is 0 Å². The van der Waals surface area contributed by atoms with Gasteiger partial charge in [-0.3, -0.25) is 9.13 Å². The molecular formula is C13H14F2N2O. The highest BCUT2D eigenvalue weighted by Gasteiger charge is 2.07. The summed E-state index contributed by atoms with van der Waals surface area (Å²) in [5.41, 5.74) is 0.241. The van der Waals surface area contributed by atoms with Gasteiger partial charge in [0.1, 0.15) is 11.6 Å². The zero-order chi connectivity index (χ0) is 13.3. The van der Waals surface area contributed by atoms with Crippen LogP contribution in [0.5, 0.6) is 0 Å². The maximum atomic E-state index is 13.0. The van der Waals surface area contributed by atoms with Crippen LogP contribution in [0.2, 0.25) is 0 Å². The van der Waals surface area contributed by atoms with Gasteiger partial charge < -0.3 is 0 Å². The molecule has 0 aliphatic heterocycles. The lowest BCUT2D eigenvalue weighted by atomic mass is 10.2. The Labute approximate surface area is 103 Å². The Morgan fingerprint density at radius 2 is 1.72 bits per heavy atom. The normalized spacial score (nSPS) is 11.2. The lowest BCUT2D eigenvalue weighted by Crippen LogP contribution is -2.25. The van der Waals surface area contributed by atoms with Gasteiger partial charge >= 0.3 is 5.69 Å². The van der Waals surface area contributed by atoms with E-state index in [1.165, 1.54) is 16.7 Å². The summed E-state index contributed by atoms with van der Waals surface area (Å²) in [5, 5.41) is 0. The Hall–Kier alpha value is -1.91. The Kier molecular flexibility index (Phi) is 3.32. The topological polar surface area (TPSA) is 26.9 Å². The minimum Gasteiger partial charge on any atom is -0.297 e. The lowest BCUT2D eigenvalue weighted by molar-refractivity contribution is 0.556. The highest BCUT2D eigenvalue weighted by atomic mass is 19.1. The molecule has 5 heteroatoms. The van der Waals surface area contributed by atoms with E-state index in [1.807, 2.05) is 13.8 Å². The van der Waals surface area contributed by atoms with E-state index in [4.69, 9.17) is 0 Å². The van der Waals surface area contributed by atoms with Gasteiger partial charge in [-0.2, -0.15) is 0 Å². The fourth-order valence-electron chi connectivity index (χ4n) is 1.84. The third-order valence-electron chi connectivity index (χ3n) is 2.71. The molecular weight excluding hydrogens is 238 g/mol. The van der Waals surface area contributed by atoms with Crippen molar-refractivity contribution in [3.05, 3.63) is 58.3 Å². The number of halogens is 2. The predicted molar refractivity (Wildman–Crippen MR) is 64.5 cm³/mol. The Bertz CT molecular complexity index is 593. The molecule has 2 rings (SSSR count). The molecule has 0 aliphatic carbocycles. The Morgan fingerprint density at radius 1 is 1.11 bits per heavy atom. The highest BCUT2D eigenvalue weighted by Crippen LogP contribution is 2.09. The van der Waals surface area contributed by atoms with Crippen LogP contribution < -0.4 is 5.69 Å². The molecule has 0 atom stereocenters. The molecule has 0 N–H and O–H groups in total. The number of nitrogens with zero attached hydrogens (tertiary/aromatic N) is 2. The predicted octanol–water partition coefficient (Wildman–Crippen LogP) is 2.56. The number of imidazole rings is 1. The van der Waals surface area contributed by atoms with Crippen LogP contribution in [-0.2, 0) is 6.54 Å². The molecule has 0 saturated carbocycles. The molecule has 1 heterocycles. The molecule has 2 aromatic rings. The van der Waals surface area contributed by atoms with Crippen molar-refractivity contribution < 1.29 is 8.78 Å². The van der Waals surface area contributed by atoms with Gasteiger partial charge in [0.05, 0.1) is 6.54 Å². The minimum atomic E-state index is -0.638. The van der Waals surface area contributed by atoms with Crippen LogP contribution in [0.25, 0.3) is 0 Å². The first kappa shape index (κ1) is 12.5. The van der Waals surface area contributed by atoms with Crippen molar-refractivity contribution in [2.45, 2.75) is 26.4 Å². The molecule has 0 saturated heterocycles. The molecule has 1 aromatic heterocycles. The summed E-state index contributed by atoms with van der Waals surface area (Å²) in [6.07, 6.45) is 3.29. The van der Waals surface area contributed by atoms with Gasteiger partial charge in [-0.05, 0) is 31.5 Å². The summed E-state index contributed by atoms with van der Waals surface area (Å²) in [7, 11) is 0. The number of aromatic nitrogens is 2. The number of rotatable bonds is 3. The molecule has 96 valence electrons. The average molecular weight is 252 g/mol. The van der Waals surface area contributed by atoms with Crippen LogP contribution >= 0.6 is 0 Å². The minimum absolute atomic E-state index is 0.0583. The van der Waals surface area contributed by atoms with Crippen molar-refractivity contribution >= 4 is 0 Å². The molecule has 3 nitrogen and oxygen atoms in total. The van der Waals surface area contributed by atoms with Crippen molar-refractivity contribution in [2.75, 3.05) is 0 Å². The van der Waals surface area contributed by atoms with Gasteiger partial charge in [-0.25, -0.2) is 13.6 Å². The van der Waals surface area contributed by atoms with E-state index in [9.17, 15) is 13.6 Å². The maximum Gasteiger partial charge on any atom is 0.328 e. The monoisotopic (exact) mass is 252 g/mol. The van der Waals surface area contributed by atoms with E-state index in [0.29, 0.717) is 5.56 Å².